The van der Waals surface area contributed by atoms with Crippen molar-refractivity contribution in [3.05, 3.63) is 56.5 Å². The number of amides is 2. The molecule has 0 aromatic heterocycles. The highest BCUT2D eigenvalue weighted by molar-refractivity contribution is 6.36. The minimum atomic E-state index is -0.748. The van der Waals surface area contributed by atoms with Gasteiger partial charge in [-0.05, 0) is 80.3 Å². The SMILES string of the molecule is CC(Oc1ccc(Cl)cc1Cl)C(=O)NCC1(C)CC(NC(=O)C(C)Oc2ccc(Cl)cc2Cl)CC(C)(C)C1. The molecule has 2 N–H and O–H groups in total. The average Bonchev–Trinajstić information content (AvgIpc) is 2.79. The fourth-order valence-electron chi connectivity index (χ4n) is 5.26. The Labute approximate surface area is 244 Å². The molecule has 2 amide bonds. The summed E-state index contributed by atoms with van der Waals surface area (Å²) in [5.41, 5.74) is -0.283. The van der Waals surface area contributed by atoms with Crippen molar-refractivity contribution < 1.29 is 19.1 Å². The maximum absolute atomic E-state index is 13.0. The Morgan fingerprint density at radius 2 is 1.37 bits per heavy atom. The number of carbonyl (C=O) groups is 2. The van der Waals surface area contributed by atoms with Crippen LogP contribution in [0.5, 0.6) is 11.5 Å². The maximum Gasteiger partial charge on any atom is 0.260 e. The molecule has 4 atom stereocenters. The summed E-state index contributed by atoms with van der Waals surface area (Å²) in [6, 6.07) is 9.65. The second kappa shape index (κ2) is 12.5. The van der Waals surface area contributed by atoms with Crippen LogP contribution in [0.2, 0.25) is 20.1 Å². The molecule has 1 aliphatic rings. The van der Waals surface area contributed by atoms with Gasteiger partial charge in [0, 0.05) is 22.6 Å². The van der Waals surface area contributed by atoms with E-state index in [1.807, 2.05) is 0 Å². The molecule has 1 aliphatic carbocycles. The van der Waals surface area contributed by atoms with Gasteiger partial charge in [0.1, 0.15) is 11.5 Å². The zero-order chi connectivity index (χ0) is 28.3. The summed E-state index contributed by atoms with van der Waals surface area (Å²) >= 11 is 24.2. The van der Waals surface area contributed by atoms with E-state index < -0.39 is 12.2 Å². The summed E-state index contributed by atoms with van der Waals surface area (Å²) in [5, 5.41) is 7.83. The van der Waals surface area contributed by atoms with Gasteiger partial charge in [0.05, 0.1) is 10.0 Å². The smallest absolute Gasteiger partial charge is 0.260 e. The molecule has 0 heterocycles. The lowest BCUT2D eigenvalue weighted by Gasteiger charge is -2.47. The Kier molecular flexibility index (Phi) is 10.1. The van der Waals surface area contributed by atoms with Gasteiger partial charge in [-0.2, -0.15) is 0 Å². The Morgan fingerprint density at radius 3 is 1.87 bits per heavy atom. The van der Waals surface area contributed by atoms with E-state index in [1.54, 1.807) is 50.2 Å². The first kappa shape index (κ1) is 30.7. The summed E-state index contributed by atoms with van der Waals surface area (Å²) in [6.07, 6.45) is 0.905. The van der Waals surface area contributed by atoms with Crippen LogP contribution in [0.15, 0.2) is 36.4 Å². The van der Waals surface area contributed by atoms with E-state index in [1.165, 1.54) is 0 Å². The molecule has 0 radical (unpaired) electrons. The first-order valence-corrected chi connectivity index (χ1v) is 14.0. The number of nitrogens with one attached hydrogen (secondary N) is 2. The number of hydrogen-bond acceptors (Lipinski definition) is 4. The molecule has 38 heavy (non-hydrogen) atoms. The molecule has 4 unspecified atom stereocenters. The molecular formula is C28H34Cl4N2O4. The molecule has 0 saturated heterocycles. The van der Waals surface area contributed by atoms with Crippen LogP contribution < -0.4 is 20.1 Å². The molecule has 0 aliphatic heterocycles. The minimum Gasteiger partial charge on any atom is -0.479 e. The number of ether oxygens (including phenoxy) is 2. The monoisotopic (exact) mass is 602 g/mol. The molecule has 208 valence electrons. The van der Waals surface area contributed by atoms with Gasteiger partial charge in [0.2, 0.25) is 0 Å². The van der Waals surface area contributed by atoms with Crippen LogP contribution in [-0.2, 0) is 9.59 Å². The predicted molar refractivity (Wildman–Crippen MR) is 154 cm³/mol. The number of benzene rings is 2. The van der Waals surface area contributed by atoms with E-state index >= 15 is 0 Å². The highest BCUT2D eigenvalue weighted by atomic mass is 35.5. The summed E-state index contributed by atoms with van der Waals surface area (Å²) in [4.78, 5) is 25.8. The van der Waals surface area contributed by atoms with Gasteiger partial charge >= 0.3 is 0 Å². The van der Waals surface area contributed by atoms with E-state index in [-0.39, 0.29) is 28.7 Å². The molecule has 6 nitrogen and oxygen atoms in total. The van der Waals surface area contributed by atoms with Crippen LogP contribution in [0.1, 0.15) is 53.9 Å². The van der Waals surface area contributed by atoms with Crippen LogP contribution in [0.25, 0.3) is 0 Å². The fraction of sp³-hybridized carbons (Fsp3) is 0.500. The van der Waals surface area contributed by atoms with Crippen molar-refractivity contribution in [3.63, 3.8) is 0 Å². The summed E-state index contributed by atoms with van der Waals surface area (Å²) < 4.78 is 11.5. The highest BCUT2D eigenvalue weighted by Crippen LogP contribution is 2.46. The third kappa shape index (κ3) is 8.57. The Morgan fingerprint density at radius 1 is 0.868 bits per heavy atom. The number of carbonyl (C=O) groups excluding carboxylic acids is 2. The van der Waals surface area contributed by atoms with Crippen LogP contribution in [0.4, 0.5) is 0 Å². The van der Waals surface area contributed by atoms with Gasteiger partial charge in [-0.3, -0.25) is 9.59 Å². The summed E-state index contributed by atoms with van der Waals surface area (Å²) in [7, 11) is 0. The highest BCUT2D eigenvalue weighted by Gasteiger charge is 2.42. The zero-order valence-corrected chi connectivity index (χ0v) is 25.2. The molecule has 0 bridgehead atoms. The van der Waals surface area contributed by atoms with Crippen LogP contribution >= 0.6 is 46.4 Å². The van der Waals surface area contributed by atoms with Crippen LogP contribution in [0.3, 0.4) is 0 Å². The Hall–Kier alpha value is -1.86. The number of halogens is 4. The first-order chi connectivity index (χ1) is 17.7. The zero-order valence-electron chi connectivity index (χ0n) is 22.2. The van der Waals surface area contributed by atoms with Crippen molar-refractivity contribution in [2.45, 2.75) is 72.1 Å². The third-order valence-electron chi connectivity index (χ3n) is 6.61. The number of rotatable bonds is 9. The van der Waals surface area contributed by atoms with Gasteiger partial charge < -0.3 is 20.1 Å². The molecule has 1 saturated carbocycles. The van der Waals surface area contributed by atoms with Crippen molar-refractivity contribution in [1.82, 2.24) is 10.6 Å². The molecule has 0 spiro atoms. The largest absolute Gasteiger partial charge is 0.479 e. The lowest BCUT2D eigenvalue weighted by atomic mass is 9.62. The van der Waals surface area contributed by atoms with Crippen molar-refractivity contribution in [2.24, 2.45) is 10.8 Å². The second-order valence-corrected chi connectivity index (χ2v) is 12.8. The first-order valence-electron chi connectivity index (χ1n) is 12.5. The van der Waals surface area contributed by atoms with Crippen molar-refractivity contribution in [3.8, 4) is 11.5 Å². The lowest BCUT2D eigenvalue weighted by molar-refractivity contribution is -0.130. The maximum atomic E-state index is 13.0. The quantitative estimate of drug-likeness (QED) is 0.314. The normalized spacial score (nSPS) is 22.2. The van der Waals surface area contributed by atoms with Gasteiger partial charge in [-0.25, -0.2) is 0 Å². The lowest BCUT2D eigenvalue weighted by Crippen LogP contribution is -2.53. The Bertz CT molecular complexity index is 1180. The molecule has 10 heteroatoms. The number of hydrogen-bond donors (Lipinski definition) is 2. The van der Waals surface area contributed by atoms with Crippen molar-refractivity contribution >= 4 is 58.2 Å². The van der Waals surface area contributed by atoms with E-state index in [0.717, 1.165) is 12.8 Å². The van der Waals surface area contributed by atoms with Gasteiger partial charge in [0.15, 0.2) is 12.2 Å². The minimum absolute atomic E-state index is 0.0434. The van der Waals surface area contributed by atoms with Gasteiger partial charge in [-0.15, -0.1) is 0 Å². The van der Waals surface area contributed by atoms with Gasteiger partial charge in [-0.1, -0.05) is 67.2 Å². The fourth-order valence-corrected chi connectivity index (χ4v) is 6.17. The second-order valence-electron chi connectivity index (χ2n) is 11.2. The summed E-state index contributed by atoms with van der Waals surface area (Å²) in [6.45, 7) is 10.3. The molecule has 2 aromatic rings. The van der Waals surface area contributed by atoms with Crippen LogP contribution in [-0.4, -0.2) is 36.6 Å². The standard InChI is InChI=1S/C28H34Cl4N2O4/c1-16(37-23-8-6-18(29)10-21(23)31)25(35)33-15-28(5)13-20(12-27(3,4)14-28)34-26(36)17(2)38-24-9-7-19(30)11-22(24)32/h6-11,16-17,20H,12-15H2,1-5H3,(H,33,35)(H,34,36). The van der Waals surface area contributed by atoms with E-state index in [9.17, 15) is 9.59 Å². The van der Waals surface area contributed by atoms with Crippen molar-refractivity contribution in [2.75, 3.05) is 6.54 Å². The molecule has 1 fully saturated rings. The van der Waals surface area contributed by atoms with Crippen LogP contribution in [0, 0.1) is 10.8 Å². The molecule has 3 rings (SSSR count). The van der Waals surface area contributed by atoms with Gasteiger partial charge in [0.25, 0.3) is 11.8 Å². The topological polar surface area (TPSA) is 76.7 Å². The van der Waals surface area contributed by atoms with E-state index in [2.05, 4.69) is 31.4 Å². The Balaban J connectivity index is 1.58. The van der Waals surface area contributed by atoms with E-state index in [0.29, 0.717) is 44.6 Å². The molecular weight excluding hydrogens is 570 g/mol. The van der Waals surface area contributed by atoms with E-state index in [4.69, 9.17) is 55.9 Å². The predicted octanol–water partition coefficient (Wildman–Crippen LogP) is 7.35. The van der Waals surface area contributed by atoms with Crippen molar-refractivity contribution in [1.29, 1.82) is 0 Å². The average molecular weight is 604 g/mol. The third-order valence-corrected chi connectivity index (χ3v) is 7.67. The summed E-state index contributed by atoms with van der Waals surface area (Å²) in [5.74, 6) is 0.309. The molecule has 2 aromatic carbocycles.